The molecule has 0 spiro atoms. The van der Waals surface area contributed by atoms with Crippen LogP contribution in [0.1, 0.15) is 60.4 Å². The largest absolute Gasteiger partial charge is 0.317 e. The van der Waals surface area contributed by atoms with Gasteiger partial charge in [-0.2, -0.15) is 0 Å². The van der Waals surface area contributed by atoms with E-state index in [1.54, 1.807) is 6.07 Å². The van der Waals surface area contributed by atoms with Gasteiger partial charge in [0.25, 0.3) is 0 Å². The van der Waals surface area contributed by atoms with Crippen molar-refractivity contribution < 1.29 is 4.39 Å². The molecule has 1 aliphatic rings. The number of rotatable bonds is 7. The van der Waals surface area contributed by atoms with E-state index in [2.05, 4.69) is 29.4 Å². The zero-order valence-corrected chi connectivity index (χ0v) is 18.3. The molecule has 1 fully saturated rings. The third-order valence-electron chi connectivity index (χ3n) is 6.54. The number of fused-ring (bicyclic) bond motifs is 1. The Morgan fingerprint density at radius 1 is 0.967 bits per heavy atom. The maximum Gasteiger partial charge on any atom is 0.126 e. The van der Waals surface area contributed by atoms with Gasteiger partial charge in [-0.05, 0) is 110 Å². The van der Waals surface area contributed by atoms with Crippen molar-refractivity contribution in [1.29, 1.82) is 0 Å². The average molecular weight is 405 g/mol. The lowest BCUT2D eigenvalue weighted by atomic mass is 9.88. The second-order valence-electron chi connectivity index (χ2n) is 8.86. The predicted molar refractivity (Wildman–Crippen MR) is 124 cm³/mol. The molecule has 0 bridgehead atoms. The Kier molecular flexibility index (Phi) is 6.79. The highest BCUT2D eigenvalue weighted by Gasteiger charge is 2.15. The topological polar surface area (TPSA) is 24.9 Å². The van der Waals surface area contributed by atoms with Gasteiger partial charge in [0.05, 0.1) is 5.52 Å². The Bertz CT molecular complexity index is 1010. The molecule has 2 nitrogen and oxygen atoms in total. The summed E-state index contributed by atoms with van der Waals surface area (Å²) >= 11 is 0. The van der Waals surface area contributed by atoms with E-state index >= 15 is 0 Å². The van der Waals surface area contributed by atoms with E-state index < -0.39 is 0 Å². The van der Waals surface area contributed by atoms with Crippen molar-refractivity contribution in [2.45, 2.75) is 58.8 Å². The van der Waals surface area contributed by atoms with Gasteiger partial charge in [-0.3, -0.25) is 4.98 Å². The van der Waals surface area contributed by atoms with Crippen LogP contribution in [-0.2, 0) is 19.3 Å². The Morgan fingerprint density at radius 2 is 1.77 bits per heavy atom. The van der Waals surface area contributed by atoms with Crippen LogP contribution in [0.5, 0.6) is 0 Å². The first kappa shape index (κ1) is 21.0. The number of benzene rings is 2. The van der Waals surface area contributed by atoms with Crippen LogP contribution in [0.15, 0.2) is 42.6 Å². The van der Waals surface area contributed by atoms with Crippen molar-refractivity contribution in [3.05, 3.63) is 76.2 Å². The van der Waals surface area contributed by atoms with Gasteiger partial charge in [0.15, 0.2) is 0 Å². The fourth-order valence-corrected chi connectivity index (χ4v) is 4.76. The molecular weight excluding hydrogens is 371 g/mol. The maximum absolute atomic E-state index is 14.5. The molecule has 3 heteroatoms. The number of hydrogen-bond donors (Lipinski definition) is 1. The van der Waals surface area contributed by atoms with Crippen LogP contribution < -0.4 is 5.32 Å². The molecule has 3 aromatic rings. The number of nitrogens with one attached hydrogen (secondary N) is 1. The van der Waals surface area contributed by atoms with Gasteiger partial charge >= 0.3 is 0 Å². The quantitative estimate of drug-likeness (QED) is 0.510. The average Bonchev–Trinajstić information content (AvgIpc) is 2.75. The molecule has 4 rings (SSSR count). The molecular formula is C27H33FN2. The highest BCUT2D eigenvalue weighted by molar-refractivity contribution is 5.84. The van der Waals surface area contributed by atoms with Crippen molar-refractivity contribution >= 4 is 10.9 Å². The summed E-state index contributed by atoms with van der Waals surface area (Å²) in [6, 6.07) is 12.2. The molecule has 0 amide bonds. The van der Waals surface area contributed by atoms with E-state index in [4.69, 9.17) is 0 Å². The Balaban J connectivity index is 1.63. The molecule has 2 heterocycles. The minimum Gasteiger partial charge on any atom is -0.317 e. The normalized spacial score (nSPS) is 15.0. The van der Waals surface area contributed by atoms with Gasteiger partial charge in [-0.15, -0.1) is 0 Å². The fourth-order valence-electron chi connectivity index (χ4n) is 4.76. The Hall–Kier alpha value is -2.26. The molecule has 0 saturated carbocycles. The number of nitrogens with zero attached hydrogens (tertiary/aromatic N) is 1. The van der Waals surface area contributed by atoms with Crippen LogP contribution in [0.3, 0.4) is 0 Å². The van der Waals surface area contributed by atoms with Crippen molar-refractivity contribution in [1.82, 2.24) is 10.3 Å². The summed E-state index contributed by atoms with van der Waals surface area (Å²) in [5.74, 6) is 0.715. The first-order chi connectivity index (χ1) is 14.6. The third kappa shape index (κ3) is 4.89. The number of piperidine rings is 1. The van der Waals surface area contributed by atoms with Crippen molar-refractivity contribution in [2.24, 2.45) is 5.92 Å². The molecule has 0 unspecified atom stereocenters. The zero-order valence-electron chi connectivity index (χ0n) is 18.3. The minimum absolute atomic E-state index is 0.118. The summed E-state index contributed by atoms with van der Waals surface area (Å²) < 4.78 is 14.5. The smallest absolute Gasteiger partial charge is 0.126 e. The van der Waals surface area contributed by atoms with Gasteiger partial charge in [0.2, 0.25) is 0 Å². The summed E-state index contributed by atoms with van der Waals surface area (Å²) in [5.41, 5.74) is 6.80. The number of hydrogen-bond acceptors (Lipinski definition) is 2. The molecule has 2 aromatic carbocycles. The Labute approximate surface area is 179 Å². The van der Waals surface area contributed by atoms with Gasteiger partial charge in [-0.1, -0.05) is 25.5 Å². The first-order valence-corrected chi connectivity index (χ1v) is 11.5. The second kappa shape index (κ2) is 9.70. The maximum atomic E-state index is 14.5. The van der Waals surface area contributed by atoms with Crippen molar-refractivity contribution in [3.63, 3.8) is 0 Å². The minimum atomic E-state index is -0.118. The van der Waals surface area contributed by atoms with Crippen LogP contribution in [0, 0.1) is 18.7 Å². The number of aromatic nitrogens is 1. The molecule has 158 valence electrons. The van der Waals surface area contributed by atoms with E-state index in [1.165, 1.54) is 35.8 Å². The highest BCUT2D eigenvalue weighted by atomic mass is 19.1. The first-order valence-electron chi connectivity index (χ1n) is 11.5. The van der Waals surface area contributed by atoms with E-state index in [0.29, 0.717) is 6.42 Å². The van der Waals surface area contributed by atoms with Crippen molar-refractivity contribution in [2.75, 3.05) is 13.1 Å². The van der Waals surface area contributed by atoms with Crippen LogP contribution >= 0.6 is 0 Å². The summed E-state index contributed by atoms with van der Waals surface area (Å²) in [6.07, 6.45) is 9.68. The molecule has 0 aliphatic carbocycles. The monoisotopic (exact) mass is 404 g/mol. The van der Waals surface area contributed by atoms with E-state index in [0.717, 1.165) is 60.5 Å². The lowest BCUT2D eigenvalue weighted by molar-refractivity contribution is 0.354. The SMILES string of the molecule is CCCc1cc2c(Cc3ccc(C)cc3F)ccnc2cc1CCC1CCNCC1. The number of pyridine rings is 1. The summed E-state index contributed by atoms with van der Waals surface area (Å²) in [5, 5.41) is 4.64. The van der Waals surface area contributed by atoms with Gasteiger partial charge < -0.3 is 5.32 Å². The summed E-state index contributed by atoms with van der Waals surface area (Å²) in [7, 11) is 0. The second-order valence-corrected chi connectivity index (χ2v) is 8.86. The molecule has 1 saturated heterocycles. The summed E-state index contributed by atoms with van der Waals surface area (Å²) in [4.78, 5) is 4.67. The van der Waals surface area contributed by atoms with Crippen LogP contribution in [-0.4, -0.2) is 18.1 Å². The standard InChI is InChI=1S/C27H33FN2/c1-3-4-21-17-25-23(16-24-7-5-19(2)15-26(24)28)11-14-30-27(25)18-22(21)8-6-20-9-12-29-13-10-20/h5,7,11,14-15,17-18,20,29H,3-4,6,8-10,12-13,16H2,1-2H3. The van der Waals surface area contributed by atoms with E-state index in [1.807, 2.05) is 31.3 Å². The van der Waals surface area contributed by atoms with Gasteiger partial charge in [0.1, 0.15) is 5.82 Å². The lowest BCUT2D eigenvalue weighted by Crippen LogP contribution is -2.27. The molecule has 1 N–H and O–H groups in total. The molecule has 1 aromatic heterocycles. The van der Waals surface area contributed by atoms with Gasteiger partial charge in [-0.25, -0.2) is 4.39 Å². The van der Waals surface area contributed by atoms with Crippen LogP contribution in [0.4, 0.5) is 4.39 Å². The predicted octanol–water partition coefficient (Wildman–Crippen LogP) is 6.16. The fraction of sp³-hybridized carbons (Fsp3) is 0.444. The molecule has 1 aliphatic heterocycles. The van der Waals surface area contributed by atoms with Crippen LogP contribution in [0.2, 0.25) is 0 Å². The highest BCUT2D eigenvalue weighted by Crippen LogP contribution is 2.28. The summed E-state index contributed by atoms with van der Waals surface area (Å²) in [6.45, 7) is 6.49. The third-order valence-corrected chi connectivity index (χ3v) is 6.54. The number of aryl methyl sites for hydroxylation is 3. The zero-order chi connectivity index (χ0) is 20.9. The van der Waals surface area contributed by atoms with Crippen molar-refractivity contribution in [3.8, 4) is 0 Å². The molecule has 0 atom stereocenters. The Morgan fingerprint density at radius 3 is 2.53 bits per heavy atom. The number of halogens is 1. The van der Waals surface area contributed by atoms with E-state index in [-0.39, 0.29) is 5.82 Å². The molecule has 30 heavy (non-hydrogen) atoms. The molecule has 0 radical (unpaired) electrons. The lowest BCUT2D eigenvalue weighted by Gasteiger charge is -2.23. The van der Waals surface area contributed by atoms with Crippen LogP contribution in [0.25, 0.3) is 10.9 Å². The van der Waals surface area contributed by atoms with Gasteiger partial charge in [0, 0.05) is 18.0 Å². The van der Waals surface area contributed by atoms with E-state index in [9.17, 15) is 4.39 Å².